The van der Waals surface area contributed by atoms with Gasteiger partial charge in [-0.1, -0.05) is 36.4 Å². The molecule has 0 aliphatic rings. The van der Waals surface area contributed by atoms with Crippen molar-refractivity contribution in [3.8, 4) is 5.75 Å². The first-order valence-corrected chi connectivity index (χ1v) is 7.33. The molecule has 3 nitrogen and oxygen atoms in total. The molecule has 2 rings (SSSR count). The monoisotopic (exact) mass is 285 g/mol. The maximum atomic E-state index is 9.30. The Morgan fingerprint density at radius 2 is 1.62 bits per heavy atom. The number of nitrogens with one attached hydrogen (secondary N) is 1. The highest BCUT2D eigenvalue weighted by molar-refractivity contribution is 5.28. The molecule has 0 saturated carbocycles. The Morgan fingerprint density at radius 1 is 0.952 bits per heavy atom. The Bertz CT molecular complexity index is 549. The molecule has 2 N–H and O–H groups in total. The molecule has 0 amide bonds. The number of aliphatic hydroxyl groups is 1. The molecule has 0 aliphatic heterocycles. The van der Waals surface area contributed by atoms with E-state index in [-0.39, 0.29) is 12.7 Å². The first kappa shape index (κ1) is 15.5. The summed E-state index contributed by atoms with van der Waals surface area (Å²) in [4.78, 5) is 0. The molecule has 21 heavy (non-hydrogen) atoms. The number of ether oxygens (including phenoxy) is 1. The lowest BCUT2D eigenvalue weighted by Crippen LogP contribution is -2.14. The van der Waals surface area contributed by atoms with Crippen LogP contribution in [0.1, 0.15) is 30.5 Å². The van der Waals surface area contributed by atoms with Gasteiger partial charge in [-0.25, -0.2) is 0 Å². The Kier molecular flexibility index (Phi) is 5.78. The van der Waals surface area contributed by atoms with Gasteiger partial charge in [-0.05, 0) is 42.7 Å². The number of rotatable bonds is 7. The van der Waals surface area contributed by atoms with Crippen LogP contribution in [0.25, 0.3) is 0 Å². The van der Waals surface area contributed by atoms with E-state index in [0.717, 1.165) is 30.0 Å². The SMILES string of the molecule is CC(C)Oc1ccc(CNCc2ccccc2CO)cc1. The van der Waals surface area contributed by atoms with E-state index in [4.69, 9.17) is 4.74 Å². The normalized spacial score (nSPS) is 10.9. The van der Waals surface area contributed by atoms with Gasteiger partial charge in [0.25, 0.3) is 0 Å². The summed E-state index contributed by atoms with van der Waals surface area (Å²) < 4.78 is 5.63. The van der Waals surface area contributed by atoms with E-state index < -0.39 is 0 Å². The molecule has 2 aromatic carbocycles. The van der Waals surface area contributed by atoms with E-state index in [9.17, 15) is 5.11 Å². The summed E-state index contributed by atoms with van der Waals surface area (Å²) in [6, 6.07) is 16.1. The minimum atomic E-state index is 0.0824. The first-order chi connectivity index (χ1) is 10.2. The third-order valence-corrected chi connectivity index (χ3v) is 3.23. The van der Waals surface area contributed by atoms with Gasteiger partial charge in [0.1, 0.15) is 5.75 Å². The van der Waals surface area contributed by atoms with Crippen molar-refractivity contribution < 1.29 is 9.84 Å². The van der Waals surface area contributed by atoms with E-state index in [1.165, 1.54) is 5.56 Å². The number of hydrogen-bond donors (Lipinski definition) is 2. The number of hydrogen-bond acceptors (Lipinski definition) is 3. The van der Waals surface area contributed by atoms with Gasteiger partial charge in [-0.15, -0.1) is 0 Å². The van der Waals surface area contributed by atoms with E-state index in [1.54, 1.807) is 0 Å². The Labute approximate surface area is 126 Å². The quantitative estimate of drug-likeness (QED) is 0.820. The van der Waals surface area contributed by atoms with Crippen LogP contribution in [-0.4, -0.2) is 11.2 Å². The van der Waals surface area contributed by atoms with Crippen molar-refractivity contribution in [3.05, 3.63) is 65.2 Å². The molecular formula is C18H23NO2. The van der Waals surface area contributed by atoms with E-state index in [1.807, 2.05) is 50.2 Å². The lowest BCUT2D eigenvalue weighted by Gasteiger charge is -2.11. The van der Waals surface area contributed by atoms with Gasteiger partial charge in [-0.3, -0.25) is 0 Å². The van der Waals surface area contributed by atoms with Crippen LogP contribution < -0.4 is 10.1 Å². The molecule has 0 fully saturated rings. The Morgan fingerprint density at radius 3 is 2.24 bits per heavy atom. The van der Waals surface area contributed by atoms with Crippen LogP contribution in [-0.2, 0) is 19.7 Å². The van der Waals surface area contributed by atoms with Gasteiger partial charge < -0.3 is 15.2 Å². The van der Waals surface area contributed by atoms with Crippen LogP contribution in [0, 0.1) is 0 Å². The molecule has 0 aliphatic carbocycles. The van der Waals surface area contributed by atoms with Crippen LogP contribution in [0.15, 0.2) is 48.5 Å². The molecular weight excluding hydrogens is 262 g/mol. The minimum Gasteiger partial charge on any atom is -0.491 e. The van der Waals surface area contributed by atoms with Crippen LogP contribution in [0.4, 0.5) is 0 Å². The van der Waals surface area contributed by atoms with E-state index in [0.29, 0.717) is 0 Å². The van der Waals surface area contributed by atoms with Crippen molar-refractivity contribution in [1.82, 2.24) is 5.32 Å². The maximum absolute atomic E-state index is 9.30. The van der Waals surface area contributed by atoms with Crippen LogP contribution in [0.3, 0.4) is 0 Å². The van der Waals surface area contributed by atoms with Gasteiger partial charge in [-0.2, -0.15) is 0 Å². The lowest BCUT2D eigenvalue weighted by molar-refractivity contribution is 0.242. The van der Waals surface area contributed by atoms with Gasteiger partial charge in [0, 0.05) is 13.1 Å². The smallest absolute Gasteiger partial charge is 0.119 e. The van der Waals surface area contributed by atoms with Crippen LogP contribution in [0.5, 0.6) is 5.75 Å². The van der Waals surface area contributed by atoms with Crippen molar-refractivity contribution in [2.75, 3.05) is 0 Å². The molecule has 0 heterocycles. The van der Waals surface area contributed by atoms with E-state index >= 15 is 0 Å². The van der Waals surface area contributed by atoms with Crippen LogP contribution >= 0.6 is 0 Å². The molecule has 0 aromatic heterocycles. The molecule has 0 saturated heterocycles. The van der Waals surface area contributed by atoms with Gasteiger partial charge >= 0.3 is 0 Å². The third-order valence-electron chi connectivity index (χ3n) is 3.23. The van der Waals surface area contributed by atoms with Gasteiger partial charge in [0.15, 0.2) is 0 Å². The zero-order chi connectivity index (χ0) is 15.1. The highest BCUT2D eigenvalue weighted by atomic mass is 16.5. The third kappa shape index (κ3) is 4.88. The Hall–Kier alpha value is -1.84. The lowest BCUT2D eigenvalue weighted by atomic mass is 10.1. The minimum absolute atomic E-state index is 0.0824. The molecule has 0 bridgehead atoms. The molecule has 112 valence electrons. The molecule has 0 spiro atoms. The Balaban J connectivity index is 1.86. The van der Waals surface area contributed by atoms with Crippen molar-refractivity contribution in [2.24, 2.45) is 0 Å². The average molecular weight is 285 g/mol. The van der Waals surface area contributed by atoms with E-state index in [2.05, 4.69) is 17.4 Å². The van der Waals surface area contributed by atoms with Crippen molar-refractivity contribution in [3.63, 3.8) is 0 Å². The highest BCUT2D eigenvalue weighted by Crippen LogP contribution is 2.14. The summed E-state index contributed by atoms with van der Waals surface area (Å²) in [5.41, 5.74) is 3.33. The summed E-state index contributed by atoms with van der Waals surface area (Å²) in [5.74, 6) is 0.902. The summed E-state index contributed by atoms with van der Waals surface area (Å²) in [5, 5.41) is 12.7. The van der Waals surface area contributed by atoms with Crippen molar-refractivity contribution in [2.45, 2.75) is 39.6 Å². The van der Waals surface area contributed by atoms with Crippen LogP contribution in [0.2, 0.25) is 0 Å². The fourth-order valence-electron chi connectivity index (χ4n) is 2.18. The van der Waals surface area contributed by atoms with Crippen molar-refractivity contribution >= 4 is 0 Å². The maximum Gasteiger partial charge on any atom is 0.119 e. The summed E-state index contributed by atoms with van der Waals surface area (Å²) >= 11 is 0. The second-order valence-corrected chi connectivity index (χ2v) is 5.34. The number of benzene rings is 2. The molecule has 2 aromatic rings. The fraction of sp³-hybridized carbons (Fsp3) is 0.333. The zero-order valence-corrected chi connectivity index (χ0v) is 12.7. The van der Waals surface area contributed by atoms with Gasteiger partial charge in [0.05, 0.1) is 12.7 Å². The summed E-state index contributed by atoms with van der Waals surface area (Å²) in [6.45, 7) is 5.67. The molecule has 3 heteroatoms. The fourth-order valence-corrected chi connectivity index (χ4v) is 2.18. The predicted octanol–water partition coefficient (Wildman–Crippen LogP) is 3.26. The number of aliphatic hydroxyl groups excluding tert-OH is 1. The standard InChI is InChI=1S/C18H23NO2/c1-14(2)21-18-9-7-15(8-10-18)11-19-12-16-5-3-4-6-17(16)13-20/h3-10,14,19-20H,11-13H2,1-2H3. The first-order valence-electron chi connectivity index (χ1n) is 7.33. The zero-order valence-electron chi connectivity index (χ0n) is 12.7. The summed E-state index contributed by atoms with van der Waals surface area (Å²) in [6.07, 6.45) is 0.198. The van der Waals surface area contributed by atoms with Crippen molar-refractivity contribution in [1.29, 1.82) is 0 Å². The largest absolute Gasteiger partial charge is 0.491 e. The molecule has 0 unspecified atom stereocenters. The average Bonchev–Trinajstić information content (AvgIpc) is 2.49. The summed E-state index contributed by atoms with van der Waals surface area (Å²) in [7, 11) is 0. The second kappa shape index (κ2) is 7.81. The molecule has 0 radical (unpaired) electrons. The second-order valence-electron chi connectivity index (χ2n) is 5.34. The predicted molar refractivity (Wildman–Crippen MR) is 85.1 cm³/mol. The highest BCUT2D eigenvalue weighted by Gasteiger charge is 2.01. The topological polar surface area (TPSA) is 41.5 Å². The van der Waals surface area contributed by atoms with Gasteiger partial charge in [0.2, 0.25) is 0 Å². The molecule has 0 atom stereocenters.